The highest BCUT2D eigenvalue weighted by molar-refractivity contribution is 5.21. The van der Waals surface area contributed by atoms with E-state index in [2.05, 4.69) is 6.92 Å². The fourth-order valence-electron chi connectivity index (χ4n) is 2.10. The predicted molar refractivity (Wildman–Crippen MR) is 77.5 cm³/mol. The van der Waals surface area contributed by atoms with Crippen molar-refractivity contribution in [2.75, 3.05) is 6.61 Å². The third-order valence-corrected chi connectivity index (χ3v) is 3.37. The molecule has 0 radical (unpaired) electrons. The van der Waals surface area contributed by atoms with Gasteiger partial charge in [-0.15, -0.1) is 0 Å². The van der Waals surface area contributed by atoms with Gasteiger partial charge in [0.15, 0.2) is 0 Å². The highest BCUT2D eigenvalue weighted by Gasteiger charge is 2.21. The first-order valence-corrected chi connectivity index (χ1v) is 7.32. The van der Waals surface area contributed by atoms with Crippen LogP contribution in [0.5, 0.6) is 0 Å². The van der Waals surface area contributed by atoms with E-state index < -0.39 is 0 Å². The Bertz CT molecular complexity index is 356. The lowest BCUT2D eigenvalue weighted by molar-refractivity contribution is 0.0288. The molecule has 1 aromatic rings. The van der Waals surface area contributed by atoms with Gasteiger partial charge in [-0.1, -0.05) is 51.3 Å². The summed E-state index contributed by atoms with van der Waals surface area (Å²) in [5.41, 5.74) is 6.64. The smallest absolute Gasteiger partial charge is 0.129 e. The molecule has 0 aromatic heterocycles. The van der Waals surface area contributed by atoms with Crippen LogP contribution in [0.3, 0.4) is 0 Å². The molecule has 0 saturated heterocycles. The van der Waals surface area contributed by atoms with Crippen LogP contribution in [-0.4, -0.2) is 12.6 Å². The molecule has 0 saturated carbocycles. The van der Waals surface area contributed by atoms with Gasteiger partial charge in [0, 0.05) is 18.2 Å². The summed E-state index contributed by atoms with van der Waals surface area (Å²) < 4.78 is 19.7. The second kappa shape index (κ2) is 9.05. The van der Waals surface area contributed by atoms with Gasteiger partial charge < -0.3 is 10.5 Å². The molecule has 0 aliphatic carbocycles. The van der Waals surface area contributed by atoms with Crippen molar-refractivity contribution in [2.45, 2.75) is 58.1 Å². The maximum absolute atomic E-state index is 13.8. The van der Waals surface area contributed by atoms with E-state index in [0.29, 0.717) is 12.2 Å². The van der Waals surface area contributed by atoms with Crippen molar-refractivity contribution in [3.05, 3.63) is 35.6 Å². The predicted octanol–water partition coefficient (Wildman–Crippen LogP) is 4.20. The summed E-state index contributed by atoms with van der Waals surface area (Å²) in [5.74, 6) is -0.232. The van der Waals surface area contributed by atoms with Crippen LogP contribution in [-0.2, 0) is 4.74 Å². The quantitative estimate of drug-likeness (QED) is 0.680. The van der Waals surface area contributed by atoms with Crippen LogP contribution in [0.15, 0.2) is 24.3 Å². The Morgan fingerprint density at radius 1 is 1.16 bits per heavy atom. The molecule has 0 aliphatic heterocycles. The molecule has 0 heterocycles. The van der Waals surface area contributed by atoms with Gasteiger partial charge in [-0.05, 0) is 18.9 Å². The lowest BCUT2D eigenvalue weighted by Gasteiger charge is -2.24. The first-order valence-electron chi connectivity index (χ1n) is 7.32. The second-order valence-electron chi connectivity index (χ2n) is 4.95. The van der Waals surface area contributed by atoms with E-state index in [4.69, 9.17) is 10.5 Å². The fourth-order valence-corrected chi connectivity index (χ4v) is 2.10. The van der Waals surface area contributed by atoms with Crippen LogP contribution in [0.4, 0.5) is 4.39 Å². The van der Waals surface area contributed by atoms with Crippen LogP contribution in [0.2, 0.25) is 0 Å². The normalized spacial score (nSPS) is 14.3. The Morgan fingerprint density at radius 3 is 2.53 bits per heavy atom. The van der Waals surface area contributed by atoms with Gasteiger partial charge in [-0.25, -0.2) is 4.39 Å². The molecular weight excluding hydrogens is 241 g/mol. The Hall–Kier alpha value is -0.930. The maximum atomic E-state index is 13.8. The van der Waals surface area contributed by atoms with E-state index >= 15 is 0 Å². The van der Waals surface area contributed by atoms with Crippen LogP contribution < -0.4 is 5.73 Å². The number of rotatable bonds is 9. The summed E-state index contributed by atoms with van der Waals surface area (Å²) in [7, 11) is 0. The van der Waals surface area contributed by atoms with Crippen LogP contribution in [0, 0.1) is 5.82 Å². The van der Waals surface area contributed by atoms with Gasteiger partial charge in [0.1, 0.15) is 11.9 Å². The second-order valence-corrected chi connectivity index (χ2v) is 4.95. The molecular formula is C16H26FNO. The third kappa shape index (κ3) is 5.29. The Labute approximate surface area is 116 Å². The molecule has 0 spiro atoms. The zero-order chi connectivity index (χ0) is 14.1. The lowest BCUT2D eigenvalue weighted by Crippen LogP contribution is -2.30. The summed E-state index contributed by atoms with van der Waals surface area (Å²) in [5, 5.41) is 0. The van der Waals surface area contributed by atoms with E-state index in [-0.39, 0.29) is 18.0 Å². The minimum Gasteiger partial charge on any atom is -0.372 e. The molecule has 1 rings (SSSR count). The van der Waals surface area contributed by atoms with Gasteiger partial charge in [0.05, 0.1) is 0 Å². The van der Waals surface area contributed by atoms with Crippen molar-refractivity contribution in [1.29, 1.82) is 0 Å². The third-order valence-electron chi connectivity index (χ3n) is 3.37. The number of nitrogens with two attached hydrogens (primary N) is 1. The zero-order valence-electron chi connectivity index (χ0n) is 12.1. The molecule has 1 aromatic carbocycles. The SMILES string of the molecule is CCCCCCOC(c1ccccc1F)C(N)CC. The largest absolute Gasteiger partial charge is 0.372 e. The van der Waals surface area contributed by atoms with E-state index in [9.17, 15) is 4.39 Å². The lowest BCUT2D eigenvalue weighted by atomic mass is 10.0. The number of ether oxygens (including phenoxy) is 1. The maximum Gasteiger partial charge on any atom is 0.129 e. The minimum absolute atomic E-state index is 0.164. The van der Waals surface area contributed by atoms with Crippen molar-refractivity contribution < 1.29 is 9.13 Å². The average molecular weight is 267 g/mol. The monoisotopic (exact) mass is 267 g/mol. The molecule has 2 atom stereocenters. The van der Waals surface area contributed by atoms with Crippen molar-refractivity contribution in [3.63, 3.8) is 0 Å². The van der Waals surface area contributed by atoms with Gasteiger partial charge >= 0.3 is 0 Å². The molecule has 19 heavy (non-hydrogen) atoms. The minimum atomic E-state index is -0.340. The number of halogens is 1. The number of hydrogen-bond acceptors (Lipinski definition) is 2. The Morgan fingerprint density at radius 2 is 1.89 bits per heavy atom. The molecule has 0 aliphatic rings. The molecule has 2 unspecified atom stereocenters. The number of unbranched alkanes of at least 4 members (excludes halogenated alkanes) is 3. The van der Waals surface area contributed by atoms with Crippen molar-refractivity contribution in [2.24, 2.45) is 5.73 Å². The van der Waals surface area contributed by atoms with Gasteiger partial charge in [0.2, 0.25) is 0 Å². The van der Waals surface area contributed by atoms with Crippen LogP contribution in [0.25, 0.3) is 0 Å². The average Bonchev–Trinajstić information content (AvgIpc) is 2.43. The van der Waals surface area contributed by atoms with E-state index in [1.807, 2.05) is 13.0 Å². The van der Waals surface area contributed by atoms with Crippen LogP contribution >= 0.6 is 0 Å². The highest BCUT2D eigenvalue weighted by Crippen LogP contribution is 2.25. The molecule has 0 amide bonds. The van der Waals surface area contributed by atoms with Crippen molar-refractivity contribution in [3.8, 4) is 0 Å². The fraction of sp³-hybridized carbons (Fsp3) is 0.625. The number of hydrogen-bond donors (Lipinski definition) is 1. The molecule has 0 bridgehead atoms. The molecule has 2 N–H and O–H groups in total. The van der Waals surface area contributed by atoms with E-state index in [0.717, 1.165) is 19.3 Å². The molecule has 108 valence electrons. The van der Waals surface area contributed by atoms with Gasteiger partial charge in [0.25, 0.3) is 0 Å². The topological polar surface area (TPSA) is 35.2 Å². The van der Waals surface area contributed by atoms with E-state index in [1.54, 1.807) is 12.1 Å². The Balaban J connectivity index is 2.60. The molecule has 2 nitrogen and oxygen atoms in total. The molecule has 3 heteroatoms. The van der Waals surface area contributed by atoms with Crippen LogP contribution in [0.1, 0.15) is 57.6 Å². The summed E-state index contributed by atoms with van der Waals surface area (Å²) >= 11 is 0. The molecule has 0 fully saturated rings. The van der Waals surface area contributed by atoms with E-state index in [1.165, 1.54) is 18.9 Å². The summed E-state index contributed by atoms with van der Waals surface area (Å²) in [6.45, 7) is 4.82. The standard InChI is InChI=1S/C16H26FNO/c1-3-5-6-9-12-19-16(15(18)4-2)13-10-7-8-11-14(13)17/h7-8,10-11,15-16H,3-6,9,12,18H2,1-2H3. The first-order chi connectivity index (χ1) is 9.20. The van der Waals surface area contributed by atoms with Crippen molar-refractivity contribution in [1.82, 2.24) is 0 Å². The summed E-state index contributed by atoms with van der Waals surface area (Å²) in [6, 6.07) is 6.58. The number of benzene rings is 1. The summed E-state index contributed by atoms with van der Waals surface area (Å²) in [6.07, 6.45) is 5.01. The summed E-state index contributed by atoms with van der Waals surface area (Å²) in [4.78, 5) is 0. The highest BCUT2D eigenvalue weighted by atomic mass is 19.1. The van der Waals surface area contributed by atoms with Gasteiger partial charge in [-0.3, -0.25) is 0 Å². The van der Waals surface area contributed by atoms with Gasteiger partial charge in [-0.2, -0.15) is 0 Å². The van der Waals surface area contributed by atoms with Crippen molar-refractivity contribution >= 4 is 0 Å². The zero-order valence-corrected chi connectivity index (χ0v) is 12.1. The first kappa shape index (κ1) is 16.1. The Kier molecular flexibility index (Phi) is 7.68.